The Morgan fingerprint density at radius 1 is 0.425 bits per heavy atom. The molecule has 0 saturated carbocycles. The van der Waals surface area contributed by atoms with Crippen LogP contribution in [0.3, 0.4) is 0 Å². The molecule has 0 saturated heterocycles. The number of hydrogen-bond acceptors (Lipinski definition) is 2. The van der Waals surface area contributed by atoms with Gasteiger partial charge < -0.3 is 9.80 Å². The molecular formula is C71H52N2. The maximum atomic E-state index is 4.08. The fraction of sp³-hybridized carbons (Fsp3) is 0.0423. The molecule has 3 atom stereocenters. The predicted molar refractivity (Wildman–Crippen MR) is 308 cm³/mol. The minimum Gasteiger partial charge on any atom is -0.333 e. The standard InChI is InChI=1S/C71H52N2/c1-3-49-24-28-53(29-25-49)55-34-44-69-65(46-55)66-47-56(35-45-70(66)73(69)59-20-12-7-13-21-59)54-32-40-61(41-33-54)72(60-38-30-52(31-39-60)51-16-8-5-9-17-51)62-42-43-64-63-22-14-15-23-67(63)71(68(64)48-62,57-18-10-6-11-19-57)58-36-26-50(4-2)27-37-58/h3-48,65,69H,1-2H2. The molecule has 1 heterocycles. The van der Waals surface area contributed by atoms with Crippen LogP contribution in [0.25, 0.3) is 51.1 Å². The number of fused-ring (bicyclic) bond motifs is 6. The number of anilines is 5. The normalized spacial score (nSPS) is 16.9. The van der Waals surface area contributed by atoms with Crippen molar-refractivity contribution >= 4 is 46.2 Å². The molecule has 0 bridgehead atoms. The summed E-state index contributed by atoms with van der Waals surface area (Å²) in [6, 6.07) is 91.7. The molecule has 1 aliphatic heterocycles. The van der Waals surface area contributed by atoms with Crippen molar-refractivity contribution < 1.29 is 0 Å². The smallest absolute Gasteiger partial charge is 0.0714 e. The highest BCUT2D eigenvalue weighted by atomic mass is 15.2. The molecule has 3 aliphatic rings. The van der Waals surface area contributed by atoms with Gasteiger partial charge in [0.1, 0.15) is 0 Å². The van der Waals surface area contributed by atoms with Crippen LogP contribution in [0.4, 0.5) is 28.4 Å². The van der Waals surface area contributed by atoms with Gasteiger partial charge in [-0.2, -0.15) is 0 Å². The number of hydrogen-bond donors (Lipinski definition) is 0. The summed E-state index contributed by atoms with van der Waals surface area (Å²) in [5.74, 6) is 0.178. The van der Waals surface area contributed by atoms with Crippen LogP contribution >= 0.6 is 0 Å². The van der Waals surface area contributed by atoms with Crippen LogP contribution in [0, 0.1) is 0 Å². The van der Waals surface area contributed by atoms with Crippen LogP contribution in [0.1, 0.15) is 50.4 Å². The quantitative estimate of drug-likeness (QED) is 0.128. The van der Waals surface area contributed by atoms with Crippen LogP contribution in [0.5, 0.6) is 0 Å². The van der Waals surface area contributed by atoms with Gasteiger partial charge in [0.05, 0.1) is 11.5 Å². The van der Waals surface area contributed by atoms with E-state index in [4.69, 9.17) is 0 Å². The molecule has 3 unspecified atom stereocenters. The number of rotatable bonds is 11. The van der Waals surface area contributed by atoms with E-state index in [0.29, 0.717) is 0 Å². The fourth-order valence-corrected chi connectivity index (χ4v) is 11.9. The summed E-state index contributed by atoms with van der Waals surface area (Å²) in [5, 5.41) is 0. The topological polar surface area (TPSA) is 6.48 Å². The number of para-hydroxylation sites is 1. The molecule has 0 amide bonds. The lowest BCUT2D eigenvalue weighted by molar-refractivity contribution is 0.747. The SMILES string of the molecule is C=Cc1ccc(C2=CC3c4cc(-c5ccc(N(c6ccc(-c7ccccc7)cc6)c6ccc7c(c6)C(c6ccccc6)(c6ccc(C=C)cc6)c6ccccc6-7)cc5)ccc4N(c4ccccc4)C3C=C2)cc1. The monoisotopic (exact) mass is 932 g/mol. The van der Waals surface area contributed by atoms with Gasteiger partial charge in [-0.3, -0.25) is 0 Å². The Balaban J connectivity index is 0.933. The third kappa shape index (κ3) is 7.42. The molecular weight excluding hydrogens is 881 g/mol. The number of allylic oxidation sites excluding steroid dienone is 2. The Bertz CT molecular complexity index is 3740. The van der Waals surface area contributed by atoms with E-state index in [1.54, 1.807) is 0 Å². The van der Waals surface area contributed by atoms with Gasteiger partial charge in [0.2, 0.25) is 0 Å². The molecule has 73 heavy (non-hydrogen) atoms. The lowest BCUT2D eigenvalue weighted by atomic mass is 9.67. The van der Waals surface area contributed by atoms with Gasteiger partial charge in [0.25, 0.3) is 0 Å². The fourth-order valence-electron chi connectivity index (χ4n) is 11.9. The molecule has 13 rings (SSSR count). The minimum absolute atomic E-state index is 0.167. The molecule has 10 aromatic rings. The predicted octanol–water partition coefficient (Wildman–Crippen LogP) is 18.4. The van der Waals surface area contributed by atoms with Crippen molar-refractivity contribution in [2.45, 2.75) is 17.4 Å². The molecule has 0 radical (unpaired) electrons. The largest absolute Gasteiger partial charge is 0.333 e. The molecule has 0 aromatic heterocycles. The molecule has 0 N–H and O–H groups in total. The Morgan fingerprint density at radius 2 is 0.945 bits per heavy atom. The zero-order valence-corrected chi connectivity index (χ0v) is 40.5. The summed E-state index contributed by atoms with van der Waals surface area (Å²) in [7, 11) is 0. The Labute approximate surface area is 429 Å². The van der Waals surface area contributed by atoms with Gasteiger partial charge in [-0.25, -0.2) is 0 Å². The van der Waals surface area contributed by atoms with Gasteiger partial charge in [-0.15, -0.1) is 0 Å². The van der Waals surface area contributed by atoms with Gasteiger partial charge in [0.15, 0.2) is 0 Å². The van der Waals surface area contributed by atoms with E-state index in [0.717, 1.165) is 28.2 Å². The van der Waals surface area contributed by atoms with Crippen molar-refractivity contribution in [2.24, 2.45) is 0 Å². The van der Waals surface area contributed by atoms with Crippen LogP contribution in [0.15, 0.2) is 280 Å². The highest BCUT2D eigenvalue weighted by Crippen LogP contribution is 2.58. The van der Waals surface area contributed by atoms with Crippen LogP contribution < -0.4 is 9.80 Å². The molecule has 2 heteroatoms. The zero-order valence-electron chi connectivity index (χ0n) is 40.5. The van der Waals surface area contributed by atoms with Crippen molar-refractivity contribution in [3.63, 3.8) is 0 Å². The summed E-state index contributed by atoms with van der Waals surface area (Å²) in [5.41, 5.74) is 23.4. The van der Waals surface area contributed by atoms with E-state index in [2.05, 4.69) is 290 Å². The lowest BCUT2D eigenvalue weighted by Gasteiger charge is -2.35. The van der Waals surface area contributed by atoms with Crippen molar-refractivity contribution in [2.75, 3.05) is 9.80 Å². The van der Waals surface area contributed by atoms with E-state index in [-0.39, 0.29) is 12.0 Å². The average Bonchev–Trinajstić information content (AvgIpc) is 3.96. The zero-order chi connectivity index (χ0) is 48.9. The second kappa shape index (κ2) is 18.2. The maximum Gasteiger partial charge on any atom is 0.0714 e. The average molecular weight is 933 g/mol. The molecule has 2 aliphatic carbocycles. The summed E-state index contributed by atoms with van der Waals surface area (Å²) < 4.78 is 0. The number of benzene rings is 10. The Hall–Kier alpha value is -9.24. The first-order valence-electron chi connectivity index (χ1n) is 25.3. The van der Waals surface area contributed by atoms with E-state index in [1.807, 2.05) is 12.2 Å². The van der Waals surface area contributed by atoms with Crippen molar-refractivity contribution in [1.82, 2.24) is 0 Å². The summed E-state index contributed by atoms with van der Waals surface area (Å²) >= 11 is 0. The lowest BCUT2D eigenvalue weighted by Crippen LogP contribution is -2.28. The van der Waals surface area contributed by atoms with Crippen molar-refractivity contribution in [3.8, 4) is 33.4 Å². The summed E-state index contributed by atoms with van der Waals surface area (Å²) in [4.78, 5) is 4.93. The molecule has 346 valence electrons. The van der Waals surface area contributed by atoms with Crippen LogP contribution in [-0.2, 0) is 5.41 Å². The highest BCUT2D eigenvalue weighted by molar-refractivity contribution is 5.91. The van der Waals surface area contributed by atoms with E-state index >= 15 is 0 Å². The van der Waals surface area contributed by atoms with Crippen molar-refractivity contribution in [1.29, 1.82) is 0 Å². The molecule has 0 spiro atoms. The van der Waals surface area contributed by atoms with Gasteiger partial charge >= 0.3 is 0 Å². The Kier molecular flexibility index (Phi) is 10.9. The van der Waals surface area contributed by atoms with Gasteiger partial charge in [-0.05, 0) is 144 Å². The third-order valence-corrected chi connectivity index (χ3v) is 15.4. The third-order valence-electron chi connectivity index (χ3n) is 15.4. The van der Waals surface area contributed by atoms with Gasteiger partial charge in [0, 0.05) is 34.4 Å². The van der Waals surface area contributed by atoms with Crippen molar-refractivity contribution in [3.05, 3.63) is 325 Å². The summed E-state index contributed by atoms with van der Waals surface area (Å²) in [6.07, 6.45) is 11.0. The highest BCUT2D eigenvalue weighted by Gasteiger charge is 2.46. The first-order chi connectivity index (χ1) is 36.1. The minimum atomic E-state index is -0.557. The second-order valence-electron chi connectivity index (χ2n) is 19.3. The first kappa shape index (κ1) is 43.8. The van der Waals surface area contributed by atoms with E-state index in [9.17, 15) is 0 Å². The summed E-state index contributed by atoms with van der Waals surface area (Å²) in [6.45, 7) is 8.06. The Morgan fingerprint density at radius 3 is 1.62 bits per heavy atom. The molecule has 2 nitrogen and oxygen atoms in total. The van der Waals surface area contributed by atoms with E-state index in [1.165, 1.54) is 83.7 Å². The van der Waals surface area contributed by atoms with Gasteiger partial charge in [-0.1, -0.05) is 232 Å². The van der Waals surface area contributed by atoms with Crippen LogP contribution in [0.2, 0.25) is 0 Å². The first-order valence-corrected chi connectivity index (χ1v) is 25.3. The number of nitrogens with zero attached hydrogens (tertiary/aromatic N) is 2. The second-order valence-corrected chi connectivity index (χ2v) is 19.3. The maximum absolute atomic E-state index is 4.08. The van der Waals surface area contributed by atoms with Crippen LogP contribution in [-0.4, -0.2) is 6.04 Å². The van der Waals surface area contributed by atoms with E-state index < -0.39 is 5.41 Å². The molecule has 0 fully saturated rings. The molecule has 10 aromatic carbocycles.